The van der Waals surface area contributed by atoms with Gasteiger partial charge in [-0.05, 0) is 69.9 Å². The van der Waals surface area contributed by atoms with E-state index in [9.17, 15) is 10.2 Å². The Morgan fingerprint density at radius 1 is 0.810 bits per heavy atom. The molecule has 0 amide bonds. The third-order valence-corrected chi connectivity index (χ3v) is 7.32. The first-order valence-corrected chi connectivity index (χ1v) is 13.9. The first-order chi connectivity index (χ1) is 20.2. The number of hydrogen-bond acceptors (Lipinski definition) is 10. The Labute approximate surface area is 243 Å². The largest absolute Gasteiger partial charge is 0.396 e. The molecule has 1 aliphatic rings. The highest BCUT2D eigenvalue weighted by Gasteiger charge is 2.23. The number of aliphatic imine (C=N–C) groups is 2. The van der Waals surface area contributed by atoms with Crippen molar-refractivity contribution in [2.45, 2.75) is 40.5 Å². The summed E-state index contributed by atoms with van der Waals surface area (Å²) in [5, 5.41) is 46.4. The molecule has 4 aromatic rings. The van der Waals surface area contributed by atoms with Crippen molar-refractivity contribution in [3.05, 3.63) is 58.6 Å². The summed E-state index contributed by atoms with van der Waals surface area (Å²) in [6, 6.07) is 7.94. The van der Waals surface area contributed by atoms with Crippen molar-refractivity contribution in [3.8, 4) is 0 Å². The van der Waals surface area contributed by atoms with Gasteiger partial charge in [0.05, 0.1) is 22.4 Å². The Hall–Kier alpha value is -4.75. The van der Waals surface area contributed by atoms with Crippen molar-refractivity contribution in [1.82, 2.24) is 24.5 Å². The van der Waals surface area contributed by atoms with Gasteiger partial charge in [0.1, 0.15) is 11.4 Å². The fourth-order valence-corrected chi connectivity index (χ4v) is 4.62. The number of hydrogen-bond donors (Lipinski definition) is 7. The molecule has 220 valence electrons. The molecule has 8 N–H and O–H groups in total. The summed E-state index contributed by atoms with van der Waals surface area (Å²) in [5.74, 6) is 1.70. The highest BCUT2D eigenvalue weighted by atomic mass is 16.3. The maximum atomic E-state index is 9.28. The van der Waals surface area contributed by atoms with Gasteiger partial charge in [0, 0.05) is 37.7 Å². The fraction of sp³-hybridized carbons (Fsp3) is 0.345. The number of nitrogens with two attached hydrogens (primary N) is 1. The molecule has 0 saturated heterocycles. The molecule has 0 spiro atoms. The quantitative estimate of drug-likeness (QED) is 0.142. The van der Waals surface area contributed by atoms with Crippen molar-refractivity contribution in [2.24, 2.45) is 15.7 Å². The van der Waals surface area contributed by atoms with E-state index < -0.39 is 0 Å². The maximum Gasteiger partial charge on any atom is 0.175 e. The molecule has 42 heavy (non-hydrogen) atoms. The van der Waals surface area contributed by atoms with Gasteiger partial charge in [-0.2, -0.15) is 0 Å². The maximum absolute atomic E-state index is 9.28. The molecule has 13 heteroatoms. The summed E-state index contributed by atoms with van der Waals surface area (Å²) >= 11 is 0. The van der Waals surface area contributed by atoms with Crippen LogP contribution < -0.4 is 21.7 Å². The summed E-state index contributed by atoms with van der Waals surface area (Å²) in [5.41, 5.74) is 13.6. The summed E-state index contributed by atoms with van der Waals surface area (Å²) in [6.07, 6.45) is 2.64. The van der Waals surface area contributed by atoms with Crippen LogP contribution in [0.4, 0.5) is 23.0 Å². The highest BCUT2D eigenvalue weighted by molar-refractivity contribution is 6.50. The minimum atomic E-state index is 0.0535. The number of aryl methyl sites for hydroxylation is 4. The number of nitrogens with one attached hydrogen (secondary N) is 4. The van der Waals surface area contributed by atoms with Gasteiger partial charge in [-0.1, -0.05) is 12.1 Å². The summed E-state index contributed by atoms with van der Waals surface area (Å²) < 4.78 is 3.67. The van der Waals surface area contributed by atoms with E-state index in [2.05, 4.69) is 16.0 Å². The number of pyridine rings is 2. The molecule has 4 aromatic heterocycles. The second-order valence-electron chi connectivity index (χ2n) is 10.3. The number of nitrogens with zero attached hydrogens (tertiary/aromatic N) is 6. The van der Waals surface area contributed by atoms with E-state index in [-0.39, 0.29) is 30.5 Å². The second-order valence-corrected chi connectivity index (χ2v) is 10.3. The molecule has 5 heterocycles. The fourth-order valence-electron chi connectivity index (χ4n) is 4.62. The molecular weight excluding hydrogens is 534 g/mol. The molecule has 0 radical (unpaired) electrons. The summed E-state index contributed by atoms with van der Waals surface area (Å²) in [6.45, 7) is 9.17. The molecule has 0 atom stereocenters. The first-order valence-electron chi connectivity index (χ1n) is 13.9. The van der Waals surface area contributed by atoms with E-state index in [4.69, 9.17) is 31.3 Å². The Bertz CT molecular complexity index is 1760. The van der Waals surface area contributed by atoms with Crippen LogP contribution in [0.3, 0.4) is 0 Å². The van der Waals surface area contributed by atoms with E-state index in [1.54, 1.807) is 0 Å². The normalized spacial score (nSPS) is 15.6. The first kappa shape index (κ1) is 28.8. The lowest BCUT2D eigenvalue weighted by Gasteiger charge is -2.18. The Morgan fingerprint density at radius 2 is 1.29 bits per heavy atom. The minimum Gasteiger partial charge on any atom is -0.396 e. The van der Waals surface area contributed by atoms with Crippen molar-refractivity contribution < 1.29 is 10.2 Å². The summed E-state index contributed by atoms with van der Waals surface area (Å²) in [7, 11) is 0. The van der Waals surface area contributed by atoms with Crippen molar-refractivity contribution >= 4 is 51.4 Å². The molecule has 0 bridgehead atoms. The number of fused-ring (bicyclic) bond motifs is 2. The average Bonchev–Trinajstić information content (AvgIpc) is 3.49. The number of aliphatic hydroxyl groups is 2. The van der Waals surface area contributed by atoms with E-state index in [0.717, 1.165) is 33.5 Å². The lowest BCUT2D eigenvalue weighted by Crippen LogP contribution is -2.42. The number of aliphatic hydroxyl groups excluding tert-OH is 2. The van der Waals surface area contributed by atoms with Crippen molar-refractivity contribution in [1.29, 1.82) is 5.41 Å². The predicted octanol–water partition coefficient (Wildman–Crippen LogP) is 3.03. The van der Waals surface area contributed by atoms with Crippen LogP contribution in [0.15, 0.2) is 46.0 Å². The summed E-state index contributed by atoms with van der Waals surface area (Å²) in [4.78, 5) is 9.73. The van der Waals surface area contributed by atoms with Gasteiger partial charge < -0.3 is 31.9 Å². The van der Waals surface area contributed by atoms with Crippen LogP contribution in [0, 0.1) is 33.1 Å². The van der Waals surface area contributed by atoms with Crippen LogP contribution in [0.25, 0.3) is 11.0 Å². The van der Waals surface area contributed by atoms with Gasteiger partial charge >= 0.3 is 0 Å². The van der Waals surface area contributed by atoms with Gasteiger partial charge in [-0.15, -0.1) is 10.2 Å². The number of aromatic nitrogens is 4. The van der Waals surface area contributed by atoms with E-state index >= 15 is 0 Å². The van der Waals surface area contributed by atoms with Gasteiger partial charge in [-0.3, -0.25) is 5.41 Å². The third kappa shape index (κ3) is 5.43. The monoisotopic (exact) mass is 571 g/mol. The molecular formula is C29H37N11O2. The van der Waals surface area contributed by atoms with E-state index in [1.807, 2.05) is 61.0 Å². The third-order valence-electron chi connectivity index (χ3n) is 7.32. The number of rotatable bonds is 10. The smallest absolute Gasteiger partial charge is 0.175 e. The van der Waals surface area contributed by atoms with Crippen LogP contribution in [0.2, 0.25) is 0 Å². The topological polar surface area (TPSA) is 186 Å². The zero-order valence-electron chi connectivity index (χ0n) is 24.3. The van der Waals surface area contributed by atoms with Crippen molar-refractivity contribution in [2.75, 3.05) is 36.9 Å². The zero-order chi connectivity index (χ0) is 30.0. The van der Waals surface area contributed by atoms with Gasteiger partial charge in [0.2, 0.25) is 0 Å². The predicted molar refractivity (Wildman–Crippen MR) is 167 cm³/mol. The molecule has 13 nitrogen and oxygen atoms in total. The van der Waals surface area contributed by atoms with Crippen LogP contribution in [0.1, 0.15) is 35.4 Å². The Balaban J connectivity index is 1.60. The van der Waals surface area contributed by atoms with E-state index in [0.29, 0.717) is 54.8 Å². The molecule has 0 aliphatic carbocycles. The molecule has 0 aromatic carbocycles. The Kier molecular flexibility index (Phi) is 8.22. The van der Waals surface area contributed by atoms with E-state index in [1.165, 1.54) is 6.08 Å². The van der Waals surface area contributed by atoms with Gasteiger partial charge in [0.25, 0.3) is 0 Å². The lowest BCUT2D eigenvalue weighted by atomic mass is 10.1. The SMILES string of the molecule is Cc1ccc2c(/N=C3\N/C(=N\c4c(NCCCO)nn5c(C)c(C)ccc45)C(N)=CC3=N)c(NCCCO)nn2c1C. The van der Waals surface area contributed by atoms with Crippen molar-refractivity contribution in [3.63, 3.8) is 0 Å². The standard InChI is InChI=1S/C29H37N11O2/c1-16-7-9-22-24(28(32-11-5-13-41)37-39(22)18(16)3)34-26-20(30)15-21(31)27(36-26)35-25-23-10-8-17(2)19(4)40(23)38-29(25)33-12-6-14-42/h7-10,15,30,41-42H,5-6,11-14,31H2,1-4H3,(H,32,37)(H,33,38)(H,34,35,36). The molecule has 5 rings (SSSR count). The van der Waals surface area contributed by atoms with Gasteiger partial charge in [0.15, 0.2) is 23.3 Å². The highest BCUT2D eigenvalue weighted by Crippen LogP contribution is 2.33. The number of amidine groups is 2. The molecule has 1 aliphatic heterocycles. The Morgan fingerprint density at radius 3 is 1.76 bits per heavy atom. The van der Waals surface area contributed by atoms with Gasteiger partial charge in [-0.25, -0.2) is 19.0 Å². The lowest BCUT2D eigenvalue weighted by molar-refractivity contribution is 0.292. The minimum absolute atomic E-state index is 0.0535. The second kappa shape index (κ2) is 12.0. The van der Waals surface area contributed by atoms with Crippen LogP contribution in [0.5, 0.6) is 0 Å². The van der Waals surface area contributed by atoms with Crippen LogP contribution >= 0.6 is 0 Å². The molecule has 0 unspecified atom stereocenters. The van der Waals surface area contributed by atoms with Crippen LogP contribution in [-0.4, -0.2) is 73.1 Å². The zero-order valence-corrected chi connectivity index (χ0v) is 24.3. The average molecular weight is 572 g/mol. The van der Waals surface area contributed by atoms with Crippen LogP contribution in [-0.2, 0) is 0 Å². The molecule has 0 saturated carbocycles. The number of anilines is 2. The molecule has 0 fully saturated rings.